The third-order valence-corrected chi connectivity index (χ3v) is 4.07. The Labute approximate surface area is 159 Å². The molecule has 1 aromatic heterocycles. The van der Waals surface area contributed by atoms with Crippen LogP contribution in [0.3, 0.4) is 0 Å². The van der Waals surface area contributed by atoms with Gasteiger partial charge in [0.15, 0.2) is 5.96 Å². The first-order valence-corrected chi connectivity index (χ1v) is 8.87. The minimum atomic E-state index is 0.539. The summed E-state index contributed by atoms with van der Waals surface area (Å²) in [6.07, 6.45) is 2.51. The van der Waals surface area contributed by atoms with E-state index in [2.05, 4.69) is 20.6 Å². The lowest BCUT2D eigenvalue weighted by atomic mass is 10.1. The maximum atomic E-state index is 6.28. The normalized spacial score (nSPS) is 11.2. The van der Waals surface area contributed by atoms with E-state index in [9.17, 15) is 0 Å². The molecular weight excluding hydrogens is 352 g/mol. The fourth-order valence-electron chi connectivity index (χ4n) is 2.35. The molecule has 7 heteroatoms. The van der Waals surface area contributed by atoms with Crippen molar-refractivity contribution in [3.63, 3.8) is 0 Å². The lowest BCUT2D eigenvalue weighted by molar-refractivity contribution is 0.397. The quantitative estimate of drug-likeness (QED) is 0.547. The van der Waals surface area contributed by atoms with Crippen LogP contribution in [0.1, 0.15) is 18.1 Å². The molecule has 140 valence electrons. The van der Waals surface area contributed by atoms with Crippen molar-refractivity contribution in [3.8, 4) is 11.6 Å². The summed E-state index contributed by atoms with van der Waals surface area (Å²) in [5.74, 6) is 2.10. The van der Waals surface area contributed by atoms with Crippen molar-refractivity contribution in [1.29, 1.82) is 0 Å². The van der Waals surface area contributed by atoms with Crippen LogP contribution in [0.5, 0.6) is 11.6 Å². The van der Waals surface area contributed by atoms with Gasteiger partial charge in [-0.2, -0.15) is 0 Å². The van der Waals surface area contributed by atoms with E-state index in [4.69, 9.17) is 21.1 Å². The second-order valence-corrected chi connectivity index (χ2v) is 5.94. The van der Waals surface area contributed by atoms with Crippen molar-refractivity contribution in [3.05, 3.63) is 52.7 Å². The lowest BCUT2D eigenvalue weighted by Crippen LogP contribution is -2.38. The van der Waals surface area contributed by atoms with Gasteiger partial charge in [-0.05, 0) is 42.7 Å². The van der Waals surface area contributed by atoms with Crippen LogP contribution in [-0.2, 0) is 13.0 Å². The van der Waals surface area contributed by atoms with Crippen molar-refractivity contribution in [2.24, 2.45) is 4.99 Å². The number of benzene rings is 1. The topological polar surface area (TPSA) is 67.8 Å². The van der Waals surface area contributed by atoms with Crippen LogP contribution in [0.2, 0.25) is 5.02 Å². The number of aliphatic imine (C=N–C) groups is 1. The average molecular weight is 377 g/mol. The summed E-state index contributed by atoms with van der Waals surface area (Å²) in [5, 5.41) is 7.27. The number of ether oxygens (including phenoxy) is 2. The molecule has 0 fully saturated rings. The molecule has 0 radical (unpaired) electrons. The third kappa shape index (κ3) is 6.11. The number of hydrogen-bond donors (Lipinski definition) is 2. The van der Waals surface area contributed by atoms with E-state index in [1.807, 2.05) is 37.3 Å². The summed E-state index contributed by atoms with van der Waals surface area (Å²) in [6.45, 7) is 4.08. The lowest BCUT2D eigenvalue weighted by Gasteiger charge is -2.12. The zero-order chi connectivity index (χ0) is 18.8. The first-order chi connectivity index (χ1) is 12.7. The Kier molecular flexibility index (Phi) is 8.02. The smallest absolute Gasteiger partial charge is 0.213 e. The van der Waals surface area contributed by atoms with Crippen molar-refractivity contribution < 1.29 is 9.47 Å². The Morgan fingerprint density at radius 3 is 2.69 bits per heavy atom. The molecule has 0 amide bonds. The Balaban J connectivity index is 1.92. The Hall–Kier alpha value is -2.47. The number of rotatable bonds is 8. The van der Waals surface area contributed by atoms with Gasteiger partial charge >= 0.3 is 0 Å². The third-order valence-electron chi connectivity index (χ3n) is 3.72. The largest absolute Gasteiger partial charge is 0.497 e. The maximum Gasteiger partial charge on any atom is 0.213 e. The maximum absolute atomic E-state index is 6.28. The van der Waals surface area contributed by atoms with E-state index in [1.54, 1.807) is 20.4 Å². The van der Waals surface area contributed by atoms with Gasteiger partial charge in [0.25, 0.3) is 0 Å². The van der Waals surface area contributed by atoms with E-state index in [0.717, 1.165) is 42.3 Å². The molecule has 0 saturated carbocycles. The molecule has 0 bridgehead atoms. The zero-order valence-corrected chi connectivity index (χ0v) is 16.1. The summed E-state index contributed by atoms with van der Waals surface area (Å²) >= 11 is 6.28. The van der Waals surface area contributed by atoms with E-state index in [0.29, 0.717) is 17.4 Å². The van der Waals surface area contributed by atoms with Gasteiger partial charge in [-0.25, -0.2) is 9.98 Å². The Bertz CT molecular complexity index is 737. The van der Waals surface area contributed by atoms with Gasteiger partial charge in [0.1, 0.15) is 5.75 Å². The van der Waals surface area contributed by atoms with Crippen LogP contribution in [0, 0.1) is 0 Å². The molecule has 1 aromatic carbocycles. The van der Waals surface area contributed by atoms with Crippen molar-refractivity contribution in [1.82, 2.24) is 15.6 Å². The minimum absolute atomic E-state index is 0.539. The highest BCUT2D eigenvalue weighted by atomic mass is 35.5. The number of halogens is 1. The molecule has 0 aliphatic heterocycles. The first-order valence-electron chi connectivity index (χ1n) is 8.49. The Morgan fingerprint density at radius 2 is 2.00 bits per heavy atom. The van der Waals surface area contributed by atoms with E-state index >= 15 is 0 Å². The van der Waals surface area contributed by atoms with E-state index < -0.39 is 0 Å². The molecule has 0 spiro atoms. The summed E-state index contributed by atoms with van der Waals surface area (Å²) in [5.41, 5.74) is 2.10. The van der Waals surface area contributed by atoms with Crippen LogP contribution >= 0.6 is 11.6 Å². The summed E-state index contributed by atoms with van der Waals surface area (Å²) in [4.78, 5) is 8.70. The summed E-state index contributed by atoms with van der Waals surface area (Å²) < 4.78 is 10.3. The molecule has 26 heavy (non-hydrogen) atoms. The molecule has 0 atom stereocenters. The average Bonchev–Trinajstić information content (AvgIpc) is 2.67. The van der Waals surface area contributed by atoms with Gasteiger partial charge in [-0.1, -0.05) is 17.7 Å². The molecule has 1 heterocycles. The van der Waals surface area contributed by atoms with E-state index in [-0.39, 0.29) is 0 Å². The number of methoxy groups -OCH3 is 2. The number of nitrogens with one attached hydrogen (secondary N) is 2. The number of nitrogens with zero attached hydrogens (tertiary/aromatic N) is 2. The van der Waals surface area contributed by atoms with Crippen LogP contribution in [0.25, 0.3) is 0 Å². The molecule has 0 aliphatic carbocycles. The van der Waals surface area contributed by atoms with Crippen molar-refractivity contribution in [2.75, 3.05) is 27.3 Å². The highest BCUT2D eigenvalue weighted by Gasteiger charge is 2.04. The fourth-order valence-corrected chi connectivity index (χ4v) is 2.61. The van der Waals surface area contributed by atoms with E-state index in [1.165, 1.54) is 0 Å². The molecular formula is C19H25ClN4O2. The fraction of sp³-hybridized carbons (Fsp3) is 0.368. The molecule has 0 aliphatic rings. The standard InChI is InChI=1S/C19H25ClN4O2/c1-4-21-19(24-13-14-7-9-22-18(11-14)26-3)23-10-8-15-5-6-16(25-2)12-17(15)20/h5-7,9,11-12H,4,8,10,13H2,1-3H3,(H2,21,23,24). The van der Waals surface area contributed by atoms with Crippen LogP contribution < -0.4 is 20.1 Å². The molecule has 6 nitrogen and oxygen atoms in total. The predicted octanol–water partition coefficient (Wildman–Crippen LogP) is 3.05. The second kappa shape index (κ2) is 10.5. The van der Waals surface area contributed by atoms with Crippen LogP contribution in [0.15, 0.2) is 41.5 Å². The second-order valence-electron chi connectivity index (χ2n) is 5.54. The highest BCUT2D eigenvalue weighted by molar-refractivity contribution is 6.31. The van der Waals surface area contributed by atoms with Crippen LogP contribution in [-0.4, -0.2) is 38.3 Å². The van der Waals surface area contributed by atoms with Crippen molar-refractivity contribution >= 4 is 17.6 Å². The SMILES string of the molecule is CCNC(=NCc1ccnc(OC)c1)NCCc1ccc(OC)cc1Cl. The minimum Gasteiger partial charge on any atom is -0.497 e. The first kappa shape index (κ1) is 19.8. The molecule has 2 N–H and O–H groups in total. The summed E-state index contributed by atoms with van der Waals surface area (Å²) in [7, 11) is 3.23. The molecule has 0 saturated heterocycles. The molecule has 2 rings (SSSR count). The number of pyridine rings is 1. The predicted molar refractivity (Wildman–Crippen MR) is 105 cm³/mol. The number of aromatic nitrogens is 1. The van der Waals surface area contributed by atoms with Gasteiger partial charge < -0.3 is 20.1 Å². The number of hydrogen-bond acceptors (Lipinski definition) is 4. The number of guanidine groups is 1. The van der Waals surface area contributed by atoms with Gasteiger partial charge in [0.2, 0.25) is 5.88 Å². The highest BCUT2D eigenvalue weighted by Crippen LogP contribution is 2.22. The summed E-state index contributed by atoms with van der Waals surface area (Å²) in [6, 6.07) is 9.53. The van der Waals surface area contributed by atoms with Gasteiger partial charge in [0, 0.05) is 30.4 Å². The molecule has 2 aromatic rings. The van der Waals surface area contributed by atoms with Gasteiger partial charge in [0.05, 0.1) is 20.8 Å². The Morgan fingerprint density at radius 1 is 1.15 bits per heavy atom. The van der Waals surface area contributed by atoms with Gasteiger partial charge in [-0.3, -0.25) is 0 Å². The molecule has 0 unspecified atom stereocenters. The van der Waals surface area contributed by atoms with Crippen LogP contribution in [0.4, 0.5) is 0 Å². The van der Waals surface area contributed by atoms with Gasteiger partial charge in [-0.15, -0.1) is 0 Å². The van der Waals surface area contributed by atoms with Crippen molar-refractivity contribution in [2.45, 2.75) is 19.9 Å². The zero-order valence-electron chi connectivity index (χ0n) is 15.4. The monoisotopic (exact) mass is 376 g/mol.